The molecular formula is C13H25N. The third-order valence-electron chi connectivity index (χ3n) is 1.47. The molecule has 0 bridgehead atoms. The quantitative estimate of drug-likeness (QED) is 0.682. The number of hydrogen-bond acceptors (Lipinski definition) is 1. The lowest BCUT2D eigenvalue weighted by Gasteiger charge is -1.97. The van der Waals surface area contributed by atoms with Crippen LogP contribution in [0.5, 0.6) is 0 Å². The summed E-state index contributed by atoms with van der Waals surface area (Å²) in [5.41, 5.74) is 2.61. The Hall–Kier alpha value is -0.850. The summed E-state index contributed by atoms with van der Waals surface area (Å²) in [6, 6.07) is 2.19. The fraction of sp³-hybridized carbons (Fsp3) is 0.615. The van der Waals surface area contributed by atoms with Gasteiger partial charge in [-0.25, -0.2) is 0 Å². The van der Waals surface area contributed by atoms with E-state index in [1.807, 2.05) is 40.1 Å². The van der Waals surface area contributed by atoms with Crippen LogP contribution >= 0.6 is 0 Å². The second kappa shape index (κ2) is 12.2. The zero-order valence-electron chi connectivity index (χ0n) is 10.6. The van der Waals surface area contributed by atoms with Crippen LogP contribution in [-0.2, 0) is 6.42 Å². The zero-order valence-corrected chi connectivity index (χ0v) is 10.6. The molecule has 82 valence electrons. The predicted molar refractivity (Wildman–Crippen MR) is 65.7 cm³/mol. The molecule has 14 heavy (non-hydrogen) atoms. The van der Waals surface area contributed by atoms with E-state index in [0.29, 0.717) is 0 Å². The Kier molecular flexibility index (Phi) is 13.6. The van der Waals surface area contributed by atoms with Gasteiger partial charge in [-0.15, -0.1) is 0 Å². The number of hydrogen-bond donors (Lipinski definition) is 0. The van der Waals surface area contributed by atoms with Gasteiger partial charge in [-0.05, 0) is 24.5 Å². The van der Waals surface area contributed by atoms with Gasteiger partial charge < -0.3 is 0 Å². The standard InChI is InChI=1S/C9H13N.2C2H6/c1-3-4-9-5-8(2)6-10-7-9;2*1-2/h5-7H,3-4H2,1-2H3;2*1-2H3. The van der Waals surface area contributed by atoms with Crippen molar-refractivity contribution in [2.24, 2.45) is 0 Å². The van der Waals surface area contributed by atoms with E-state index < -0.39 is 0 Å². The summed E-state index contributed by atoms with van der Waals surface area (Å²) in [5.74, 6) is 0. The molecule has 1 aromatic heterocycles. The molecule has 0 N–H and O–H groups in total. The van der Waals surface area contributed by atoms with Crippen molar-refractivity contribution in [3.8, 4) is 0 Å². The molecule has 0 aliphatic rings. The summed E-state index contributed by atoms with van der Waals surface area (Å²) < 4.78 is 0. The van der Waals surface area contributed by atoms with Crippen molar-refractivity contribution in [1.82, 2.24) is 4.98 Å². The van der Waals surface area contributed by atoms with Crippen molar-refractivity contribution in [3.63, 3.8) is 0 Å². The molecule has 0 saturated heterocycles. The Labute approximate surface area is 89.6 Å². The van der Waals surface area contributed by atoms with Crippen LogP contribution in [0.3, 0.4) is 0 Å². The molecule has 0 aliphatic heterocycles. The molecule has 0 radical (unpaired) electrons. The highest BCUT2D eigenvalue weighted by Crippen LogP contribution is 2.03. The minimum absolute atomic E-state index is 1.15. The van der Waals surface area contributed by atoms with Crippen LogP contribution in [0.4, 0.5) is 0 Å². The van der Waals surface area contributed by atoms with E-state index >= 15 is 0 Å². The van der Waals surface area contributed by atoms with E-state index in [1.54, 1.807) is 0 Å². The van der Waals surface area contributed by atoms with Gasteiger partial charge >= 0.3 is 0 Å². The van der Waals surface area contributed by atoms with Gasteiger partial charge in [0.2, 0.25) is 0 Å². The molecule has 1 aromatic rings. The van der Waals surface area contributed by atoms with Crippen LogP contribution in [-0.4, -0.2) is 4.98 Å². The van der Waals surface area contributed by atoms with Crippen molar-refractivity contribution >= 4 is 0 Å². The van der Waals surface area contributed by atoms with Gasteiger partial charge in [-0.3, -0.25) is 4.98 Å². The molecule has 0 aromatic carbocycles. The molecule has 0 saturated carbocycles. The summed E-state index contributed by atoms with van der Waals surface area (Å²) in [5, 5.41) is 0. The second-order valence-corrected chi connectivity index (χ2v) is 2.62. The lowest BCUT2D eigenvalue weighted by Crippen LogP contribution is -1.85. The number of rotatable bonds is 2. The van der Waals surface area contributed by atoms with Gasteiger partial charge in [0.1, 0.15) is 0 Å². The minimum Gasteiger partial charge on any atom is -0.264 e. The van der Waals surface area contributed by atoms with Crippen LogP contribution in [0.2, 0.25) is 0 Å². The number of aromatic nitrogens is 1. The van der Waals surface area contributed by atoms with Crippen LogP contribution in [0.25, 0.3) is 0 Å². The maximum Gasteiger partial charge on any atom is 0.0300 e. The van der Waals surface area contributed by atoms with Gasteiger partial charge in [0.25, 0.3) is 0 Å². The topological polar surface area (TPSA) is 12.9 Å². The first-order valence-corrected chi connectivity index (χ1v) is 5.73. The van der Waals surface area contributed by atoms with Crippen LogP contribution in [0, 0.1) is 6.92 Å². The average Bonchev–Trinajstić information content (AvgIpc) is 2.24. The molecule has 0 spiro atoms. The smallest absolute Gasteiger partial charge is 0.0300 e. The van der Waals surface area contributed by atoms with E-state index in [2.05, 4.69) is 24.9 Å². The fourth-order valence-electron chi connectivity index (χ4n) is 1.04. The molecule has 1 rings (SSSR count). The minimum atomic E-state index is 1.15. The summed E-state index contributed by atoms with van der Waals surface area (Å²) >= 11 is 0. The Morgan fingerprint density at radius 2 is 1.64 bits per heavy atom. The van der Waals surface area contributed by atoms with Crippen molar-refractivity contribution in [1.29, 1.82) is 0 Å². The van der Waals surface area contributed by atoms with E-state index in [4.69, 9.17) is 0 Å². The highest BCUT2D eigenvalue weighted by Gasteiger charge is 1.90. The first-order valence-electron chi connectivity index (χ1n) is 5.73. The lowest BCUT2D eigenvalue weighted by molar-refractivity contribution is 0.911. The molecule has 0 atom stereocenters. The SMILES string of the molecule is CC.CC.CCCc1cncc(C)c1. The normalized spacial score (nSPS) is 7.86. The Morgan fingerprint density at radius 3 is 2.07 bits per heavy atom. The monoisotopic (exact) mass is 195 g/mol. The molecule has 0 amide bonds. The van der Waals surface area contributed by atoms with E-state index in [-0.39, 0.29) is 0 Å². The van der Waals surface area contributed by atoms with Gasteiger partial charge in [-0.2, -0.15) is 0 Å². The van der Waals surface area contributed by atoms with E-state index in [9.17, 15) is 0 Å². The number of pyridine rings is 1. The van der Waals surface area contributed by atoms with Gasteiger partial charge in [0.05, 0.1) is 0 Å². The highest BCUT2D eigenvalue weighted by atomic mass is 14.6. The molecule has 0 fully saturated rings. The highest BCUT2D eigenvalue weighted by molar-refractivity contribution is 5.16. The maximum atomic E-state index is 4.10. The van der Waals surface area contributed by atoms with E-state index in [1.165, 1.54) is 17.5 Å². The van der Waals surface area contributed by atoms with Crippen molar-refractivity contribution in [3.05, 3.63) is 29.6 Å². The maximum absolute atomic E-state index is 4.10. The summed E-state index contributed by atoms with van der Waals surface area (Å²) in [6.45, 7) is 12.3. The van der Waals surface area contributed by atoms with Crippen LogP contribution in [0.15, 0.2) is 18.5 Å². The van der Waals surface area contributed by atoms with Gasteiger partial charge in [0.15, 0.2) is 0 Å². The molecule has 1 heterocycles. The molecule has 1 heteroatoms. The lowest BCUT2D eigenvalue weighted by atomic mass is 10.1. The fourth-order valence-corrected chi connectivity index (χ4v) is 1.04. The Bertz CT molecular complexity index is 206. The first-order chi connectivity index (χ1) is 6.83. The first kappa shape index (κ1) is 15.6. The predicted octanol–water partition coefficient (Wildman–Crippen LogP) is 4.39. The zero-order chi connectivity index (χ0) is 11.4. The number of nitrogens with zero attached hydrogens (tertiary/aromatic N) is 1. The molecular weight excluding hydrogens is 170 g/mol. The second-order valence-electron chi connectivity index (χ2n) is 2.62. The molecule has 0 unspecified atom stereocenters. The summed E-state index contributed by atoms with van der Waals surface area (Å²) in [7, 11) is 0. The third kappa shape index (κ3) is 7.78. The summed E-state index contributed by atoms with van der Waals surface area (Å²) in [6.07, 6.45) is 6.18. The summed E-state index contributed by atoms with van der Waals surface area (Å²) in [4.78, 5) is 4.10. The molecule has 1 nitrogen and oxygen atoms in total. The van der Waals surface area contributed by atoms with Crippen molar-refractivity contribution in [2.45, 2.75) is 54.4 Å². The van der Waals surface area contributed by atoms with E-state index in [0.717, 1.165) is 6.42 Å². The van der Waals surface area contributed by atoms with Crippen molar-refractivity contribution in [2.75, 3.05) is 0 Å². The third-order valence-corrected chi connectivity index (χ3v) is 1.47. The largest absolute Gasteiger partial charge is 0.264 e. The molecule has 0 aliphatic carbocycles. The Balaban J connectivity index is 0. The van der Waals surface area contributed by atoms with Crippen LogP contribution in [0.1, 0.15) is 52.2 Å². The van der Waals surface area contributed by atoms with Crippen molar-refractivity contribution < 1.29 is 0 Å². The van der Waals surface area contributed by atoms with Gasteiger partial charge in [-0.1, -0.05) is 47.1 Å². The van der Waals surface area contributed by atoms with Gasteiger partial charge in [0, 0.05) is 12.4 Å². The van der Waals surface area contributed by atoms with Crippen LogP contribution < -0.4 is 0 Å². The average molecular weight is 195 g/mol. The number of aryl methyl sites for hydroxylation is 2. The Morgan fingerprint density at radius 1 is 1.07 bits per heavy atom.